The van der Waals surface area contributed by atoms with E-state index in [1.807, 2.05) is 24.3 Å². The number of rotatable bonds is 5. The van der Waals surface area contributed by atoms with Gasteiger partial charge in [-0.25, -0.2) is 0 Å². The van der Waals surface area contributed by atoms with E-state index in [2.05, 4.69) is 26.0 Å². The van der Waals surface area contributed by atoms with Crippen LogP contribution in [0.1, 0.15) is 30.5 Å². The van der Waals surface area contributed by atoms with E-state index in [0.29, 0.717) is 5.02 Å². The van der Waals surface area contributed by atoms with E-state index >= 15 is 0 Å². The van der Waals surface area contributed by atoms with Gasteiger partial charge in [-0.15, -0.1) is 0 Å². The van der Waals surface area contributed by atoms with E-state index < -0.39 is 5.97 Å². The summed E-state index contributed by atoms with van der Waals surface area (Å²) in [7, 11) is 0. The molecule has 0 saturated carbocycles. The van der Waals surface area contributed by atoms with Gasteiger partial charge in [-0.1, -0.05) is 49.7 Å². The summed E-state index contributed by atoms with van der Waals surface area (Å²) in [6.07, 6.45) is 1.75. The molecule has 3 heteroatoms. The smallest absolute Gasteiger partial charge is 0.307 e. The van der Waals surface area contributed by atoms with Gasteiger partial charge < -0.3 is 5.11 Å². The lowest BCUT2D eigenvalue weighted by Gasteiger charge is -2.15. The number of hydrogen-bond acceptors (Lipinski definition) is 1. The van der Waals surface area contributed by atoms with Crippen molar-refractivity contribution in [3.8, 4) is 11.1 Å². The highest BCUT2D eigenvalue weighted by molar-refractivity contribution is 6.30. The fraction of sp³-hybridized carbons (Fsp3) is 0.278. The average Bonchev–Trinajstić information content (AvgIpc) is 2.47. The van der Waals surface area contributed by atoms with Crippen molar-refractivity contribution in [3.05, 3.63) is 58.1 Å². The fourth-order valence-electron chi connectivity index (χ4n) is 2.62. The van der Waals surface area contributed by atoms with Gasteiger partial charge in [0, 0.05) is 5.02 Å². The third-order valence-corrected chi connectivity index (χ3v) is 3.95. The molecule has 110 valence electrons. The Kier molecular flexibility index (Phi) is 5.03. The molecule has 21 heavy (non-hydrogen) atoms. The molecule has 0 aliphatic carbocycles. The van der Waals surface area contributed by atoms with Crippen LogP contribution < -0.4 is 0 Å². The van der Waals surface area contributed by atoms with Crippen LogP contribution in [0.15, 0.2) is 36.4 Å². The van der Waals surface area contributed by atoms with Gasteiger partial charge >= 0.3 is 5.97 Å². The monoisotopic (exact) mass is 302 g/mol. The molecule has 0 saturated heterocycles. The highest BCUT2D eigenvalue weighted by atomic mass is 35.5. The van der Waals surface area contributed by atoms with E-state index in [1.54, 1.807) is 0 Å². The average molecular weight is 303 g/mol. The van der Waals surface area contributed by atoms with Crippen LogP contribution in [0, 0.1) is 0 Å². The summed E-state index contributed by atoms with van der Waals surface area (Å²) in [5.74, 6) is -0.779. The van der Waals surface area contributed by atoms with Gasteiger partial charge in [0.15, 0.2) is 0 Å². The molecule has 0 aliphatic heterocycles. The van der Waals surface area contributed by atoms with Gasteiger partial charge in [0.1, 0.15) is 0 Å². The number of aliphatic carboxylic acids is 1. The second-order valence-electron chi connectivity index (χ2n) is 5.06. The lowest BCUT2D eigenvalue weighted by atomic mass is 9.90. The summed E-state index contributed by atoms with van der Waals surface area (Å²) in [5.41, 5.74) is 5.41. The first-order valence-electron chi connectivity index (χ1n) is 7.17. The Labute approximate surface area is 130 Å². The molecular formula is C18H19ClO2. The fourth-order valence-corrected chi connectivity index (χ4v) is 2.74. The molecule has 0 aliphatic rings. The summed E-state index contributed by atoms with van der Waals surface area (Å²) < 4.78 is 0. The molecule has 2 rings (SSSR count). The molecule has 0 aromatic heterocycles. The first-order chi connectivity index (χ1) is 10.0. The van der Waals surface area contributed by atoms with Gasteiger partial charge in [-0.05, 0) is 52.8 Å². The second kappa shape index (κ2) is 6.77. The summed E-state index contributed by atoms with van der Waals surface area (Å²) in [5, 5.41) is 9.82. The number of hydrogen-bond donors (Lipinski definition) is 1. The zero-order valence-corrected chi connectivity index (χ0v) is 13.1. The zero-order valence-electron chi connectivity index (χ0n) is 12.3. The predicted octanol–water partition coefficient (Wildman–Crippen LogP) is 4.76. The van der Waals surface area contributed by atoms with Crippen molar-refractivity contribution >= 4 is 17.6 Å². The number of carboxylic acids is 1. The van der Waals surface area contributed by atoms with Crippen molar-refractivity contribution < 1.29 is 9.90 Å². The van der Waals surface area contributed by atoms with Crippen molar-refractivity contribution in [1.82, 2.24) is 0 Å². The SMILES string of the molecule is CCc1cc(-c2ccc(Cl)cc2)cc(CC)c1CC(=O)O. The Balaban J connectivity index is 2.54. The van der Waals surface area contributed by atoms with Gasteiger partial charge in [0.25, 0.3) is 0 Å². The maximum Gasteiger partial charge on any atom is 0.307 e. The third kappa shape index (κ3) is 3.64. The van der Waals surface area contributed by atoms with Crippen LogP contribution in [0.2, 0.25) is 5.02 Å². The molecule has 1 N–H and O–H groups in total. The number of benzene rings is 2. The Bertz CT molecular complexity index is 620. The van der Waals surface area contributed by atoms with Crippen LogP contribution in [-0.2, 0) is 24.1 Å². The molecule has 0 fully saturated rings. The van der Waals surface area contributed by atoms with Gasteiger partial charge in [-0.2, -0.15) is 0 Å². The highest BCUT2D eigenvalue weighted by Gasteiger charge is 2.13. The number of halogens is 1. The summed E-state index contributed by atoms with van der Waals surface area (Å²) in [6.45, 7) is 4.12. The normalized spacial score (nSPS) is 10.6. The maximum absolute atomic E-state index is 11.1. The highest BCUT2D eigenvalue weighted by Crippen LogP contribution is 2.28. The minimum absolute atomic E-state index is 0.0905. The third-order valence-electron chi connectivity index (χ3n) is 3.70. The van der Waals surface area contributed by atoms with Crippen LogP contribution >= 0.6 is 11.6 Å². The topological polar surface area (TPSA) is 37.3 Å². The summed E-state index contributed by atoms with van der Waals surface area (Å²) in [6, 6.07) is 11.9. The summed E-state index contributed by atoms with van der Waals surface area (Å²) in [4.78, 5) is 11.1. The van der Waals surface area contributed by atoms with Crippen molar-refractivity contribution in [2.75, 3.05) is 0 Å². The zero-order chi connectivity index (χ0) is 15.4. The van der Waals surface area contributed by atoms with Gasteiger partial charge in [0.2, 0.25) is 0 Å². The largest absolute Gasteiger partial charge is 0.481 e. The van der Waals surface area contributed by atoms with E-state index in [9.17, 15) is 4.79 Å². The van der Waals surface area contributed by atoms with Crippen LogP contribution in [0.5, 0.6) is 0 Å². The first-order valence-corrected chi connectivity index (χ1v) is 7.55. The van der Waals surface area contributed by atoms with Crippen LogP contribution in [0.25, 0.3) is 11.1 Å². The van der Waals surface area contributed by atoms with Crippen molar-refractivity contribution in [2.45, 2.75) is 33.1 Å². The number of aryl methyl sites for hydroxylation is 2. The van der Waals surface area contributed by atoms with Crippen molar-refractivity contribution in [1.29, 1.82) is 0 Å². The molecule has 0 bridgehead atoms. The molecule has 2 aromatic rings. The Hall–Kier alpha value is -1.80. The maximum atomic E-state index is 11.1. The van der Waals surface area contributed by atoms with E-state index in [1.165, 1.54) is 0 Å². The lowest BCUT2D eigenvalue weighted by molar-refractivity contribution is -0.136. The number of carboxylic acid groups (broad SMARTS) is 1. The van der Waals surface area contributed by atoms with E-state index in [4.69, 9.17) is 16.7 Å². The predicted molar refractivity (Wildman–Crippen MR) is 87.0 cm³/mol. The van der Waals surface area contributed by atoms with Crippen LogP contribution in [0.3, 0.4) is 0 Å². The molecule has 2 aromatic carbocycles. The molecule has 2 nitrogen and oxygen atoms in total. The number of carbonyl (C=O) groups is 1. The molecule has 0 atom stereocenters. The Morgan fingerprint density at radius 3 is 1.95 bits per heavy atom. The molecule has 0 heterocycles. The minimum atomic E-state index is -0.779. The van der Waals surface area contributed by atoms with Crippen molar-refractivity contribution in [2.24, 2.45) is 0 Å². The summed E-state index contributed by atoms with van der Waals surface area (Å²) >= 11 is 5.93. The molecular weight excluding hydrogens is 284 g/mol. The van der Waals surface area contributed by atoms with E-state index in [0.717, 1.165) is 40.7 Å². The second-order valence-corrected chi connectivity index (χ2v) is 5.49. The quantitative estimate of drug-likeness (QED) is 0.864. The van der Waals surface area contributed by atoms with Gasteiger partial charge in [-0.3, -0.25) is 4.79 Å². The molecule has 0 spiro atoms. The minimum Gasteiger partial charge on any atom is -0.481 e. The van der Waals surface area contributed by atoms with Crippen molar-refractivity contribution in [3.63, 3.8) is 0 Å². The lowest BCUT2D eigenvalue weighted by Crippen LogP contribution is -2.07. The molecule has 0 amide bonds. The van der Waals surface area contributed by atoms with Crippen LogP contribution in [0.4, 0.5) is 0 Å². The van der Waals surface area contributed by atoms with E-state index in [-0.39, 0.29) is 6.42 Å². The van der Waals surface area contributed by atoms with Gasteiger partial charge in [0.05, 0.1) is 6.42 Å². The molecule has 0 radical (unpaired) electrons. The Morgan fingerprint density at radius 2 is 1.52 bits per heavy atom. The first kappa shape index (κ1) is 15.6. The molecule has 0 unspecified atom stereocenters. The van der Waals surface area contributed by atoms with Crippen LogP contribution in [-0.4, -0.2) is 11.1 Å². The Morgan fingerprint density at radius 1 is 1.00 bits per heavy atom. The standard InChI is InChI=1S/C18H19ClO2/c1-3-12-9-15(14-5-7-16(19)8-6-14)10-13(4-2)17(12)11-18(20)21/h5-10H,3-4,11H2,1-2H3,(H,20,21).